The van der Waals surface area contributed by atoms with Crippen molar-refractivity contribution < 1.29 is 27.5 Å². The topological polar surface area (TPSA) is 163 Å². The van der Waals surface area contributed by atoms with Crippen molar-refractivity contribution in [1.82, 2.24) is 10.6 Å². The van der Waals surface area contributed by atoms with Crippen molar-refractivity contribution in [2.45, 2.75) is 31.2 Å². The van der Waals surface area contributed by atoms with Crippen LogP contribution in [-0.4, -0.2) is 65.8 Å². The zero-order valence-corrected chi connectivity index (χ0v) is 18.2. The fraction of sp³-hybridized carbons (Fsp3) is 0.579. The molecule has 0 fully saturated rings. The molecule has 11 heteroatoms. The van der Waals surface area contributed by atoms with Crippen LogP contribution in [0.3, 0.4) is 0 Å². The molecule has 0 unspecified atom stereocenters. The maximum absolute atomic E-state index is 12.0. The van der Waals surface area contributed by atoms with E-state index in [0.717, 1.165) is 0 Å². The SMILES string of the molecule is CC(C)C[C@H](N)C(=O)NCCOCCOCCNC(=O)c1ccc(S(N)(=O)=O)cc1. The molecule has 1 rings (SSSR count). The number of hydrogen-bond donors (Lipinski definition) is 4. The van der Waals surface area contributed by atoms with Crippen molar-refractivity contribution in [2.24, 2.45) is 16.8 Å². The number of carbonyl (C=O) groups excluding carboxylic acids is 2. The molecule has 2 amide bonds. The zero-order chi connectivity index (χ0) is 22.6. The van der Waals surface area contributed by atoms with Gasteiger partial charge in [0.1, 0.15) is 0 Å². The minimum absolute atomic E-state index is 0.0552. The molecule has 0 aliphatic rings. The summed E-state index contributed by atoms with van der Waals surface area (Å²) < 4.78 is 33.1. The van der Waals surface area contributed by atoms with E-state index in [1.165, 1.54) is 24.3 Å². The maximum atomic E-state index is 12.0. The first-order valence-corrected chi connectivity index (χ1v) is 11.3. The number of nitrogens with one attached hydrogen (secondary N) is 2. The maximum Gasteiger partial charge on any atom is 0.251 e. The van der Waals surface area contributed by atoms with Crippen molar-refractivity contribution >= 4 is 21.8 Å². The molecule has 30 heavy (non-hydrogen) atoms. The van der Waals surface area contributed by atoms with Gasteiger partial charge in [0.2, 0.25) is 15.9 Å². The minimum Gasteiger partial charge on any atom is -0.377 e. The molecule has 0 aliphatic heterocycles. The molecule has 10 nitrogen and oxygen atoms in total. The van der Waals surface area contributed by atoms with E-state index in [9.17, 15) is 18.0 Å². The van der Waals surface area contributed by atoms with Crippen molar-refractivity contribution in [1.29, 1.82) is 0 Å². The third-order valence-corrected chi connectivity index (χ3v) is 4.89. The van der Waals surface area contributed by atoms with Gasteiger partial charge in [0.25, 0.3) is 5.91 Å². The standard InChI is InChI=1S/C19H32N4O6S/c1-14(2)13-17(20)19(25)23-8-10-29-12-11-28-9-7-22-18(24)15-3-5-16(6-4-15)30(21,26)27/h3-6,14,17H,7-13,20H2,1-2H3,(H,22,24)(H,23,25)(H2,21,26,27)/t17-/m0/s1. The van der Waals surface area contributed by atoms with Crippen LogP contribution in [-0.2, 0) is 24.3 Å². The highest BCUT2D eigenvalue weighted by Crippen LogP contribution is 2.08. The van der Waals surface area contributed by atoms with Crippen LogP contribution >= 0.6 is 0 Å². The van der Waals surface area contributed by atoms with Gasteiger partial charge in [-0.3, -0.25) is 9.59 Å². The van der Waals surface area contributed by atoms with Crippen LogP contribution in [0.4, 0.5) is 0 Å². The molecule has 0 bridgehead atoms. The van der Waals surface area contributed by atoms with E-state index in [0.29, 0.717) is 57.4 Å². The summed E-state index contributed by atoms with van der Waals surface area (Å²) in [5.41, 5.74) is 6.10. The quantitative estimate of drug-likeness (QED) is 0.283. The Balaban J connectivity index is 2.05. The highest BCUT2D eigenvalue weighted by Gasteiger charge is 2.14. The molecule has 0 aromatic heterocycles. The number of primary sulfonamides is 1. The second-order valence-corrected chi connectivity index (χ2v) is 8.64. The Labute approximate surface area is 177 Å². The van der Waals surface area contributed by atoms with Crippen molar-refractivity contribution in [3.05, 3.63) is 29.8 Å². The van der Waals surface area contributed by atoms with E-state index in [1.54, 1.807) is 0 Å². The highest BCUT2D eigenvalue weighted by molar-refractivity contribution is 7.89. The Bertz CT molecular complexity index is 768. The first-order chi connectivity index (χ1) is 14.1. The molecule has 0 radical (unpaired) electrons. The van der Waals surface area contributed by atoms with Crippen molar-refractivity contribution in [3.63, 3.8) is 0 Å². The predicted octanol–water partition coefficient (Wildman–Crippen LogP) is -0.413. The number of hydrogen-bond acceptors (Lipinski definition) is 7. The molecular formula is C19H32N4O6S. The number of sulfonamides is 1. The second-order valence-electron chi connectivity index (χ2n) is 7.08. The van der Waals surface area contributed by atoms with Gasteiger partial charge in [0.15, 0.2) is 0 Å². The summed E-state index contributed by atoms with van der Waals surface area (Å²) in [5.74, 6) is -0.166. The van der Waals surface area contributed by atoms with Crippen LogP contribution in [0.25, 0.3) is 0 Å². The molecule has 0 spiro atoms. The first kappa shape index (κ1) is 26.0. The van der Waals surface area contributed by atoms with Crippen LogP contribution in [0.2, 0.25) is 0 Å². The molecule has 1 atom stereocenters. The lowest BCUT2D eigenvalue weighted by molar-refractivity contribution is -0.122. The molecule has 1 aromatic rings. The van der Waals surface area contributed by atoms with Gasteiger partial charge in [-0.15, -0.1) is 0 Å². The summed E-state index contributed by atoms with van der Waals surface area (Å²) in [6.07, 6.45) is 0.637. The van der Waals surface area contributed by atoms with E-state index in [4.69, 9.17) is 20.3 Å². The summed E-state index contributed by atoms with van der Waals surface area (Å²) in [7, 11) is -3.78. The molecule has 6 N–H and O–H groups in total. The normalized spacial score (nSPS) is 12.6. The smallest absolute Gasteiger partial charge is 0.251 e. The predicted molar refractivity (Wildman–Crippen MR) is 112 cm³/mol. The van der Waals surface area contributed by atoms with Gasteiger partial charge in [0.05, 0.1) is 37.4 Å². The highest BCUT2D eigenvalue weighted by atomic mass is 32.2. The minimum atomic E-state index is -3.78. The number of ether oxygens (including phenoxy) is 2. The van der Waals surface area contributed by atoms with E-state index in [2.05, 4.69) is 10.6 Å². The Hall–Kier alpha value is -2.05. The van der Waals surface area contributed by atoms with Crippen LogP contribution in [0.5, 0.6) is 0 Å². The fourth-order valence-corrected chi connectivity index (χ4v) is 2.96. The largest absolute Gasteiger partial charge is 0.377 e. The lowest BCUT2D eigenvalue weighted by Gasteiger charge is -2.14. The summed E-state index contributed by atoms with van der Waals surface area (Å²) in [6, 6.07) is 4.82. The Kier molecular flexibility index (Phi) is 11.5. The number of carbonyl (C=O) groups is 2. The van der Waals surface area contributed by atoms with E-state index < -0.39 is 16.1 Å². The molecule has 0 heterocycles. The summed E-state index contributed by atoms with van der Waals surface area (Å²) in [6.45, 7) is 6.05. The Morgan fingerprint density at radius 1 is 0.967 bits per heavy atom. The van der Waals surface area contributed by atoms with Crippen LogP contribution in [0, 0.1) is 5.92 Å². The number of benzene rings is 1. The van der Waals surface area contributed by atoms with Gasteiger partial charge >= 0.3 is 0 Å². The zero-order valence-electron chi connectivity index (χ0n) is 17.4. The average Bonchev–Trinajstić information content (AvgIpc) is 2.67. The number of rotatable bonds is 14. The van der Waals surface area contributed by atoms with Gasteiger partial charge in [0, 0.05) is 18.7 Å². The molecule has 170 valence electrons. The van der Waals surface area contributed by atoms with E-state index in [1.807, 2.05) is 13.8 Å². The monoisotopic (exact) mass is 444 g/mol. The lowest BCUT2D eigenvalue weighted by atomic mass is 10.0. The third kappa shape index (κ3) is 10.6. The molecule has 0 saturated carbocycles. The van der Waals surface area contributed by atoms with Crippen LogP contribution < -0.4 is 21.5 Å². The Morgan fingerprint density at radius 2 is 1.50 bits per heavy atom. The summed E-state index contributed by atoms with van der Waals surface area (Å²) in [5, 5.41) is 10.4. The molecular weight excluding hydrogens is 412 g/mol. The Morgan fingerprint density at radius 3 is 2.00 bits per heavy atom. The van der Waals surface area contributed by atoms with Crippen LogP contribution in [0.15, 0.2) is 29.2 Å². The fourth-order valence-electron chi connectivity index (χ4n) is 2.45. The van der Waals surface area contributed by atoms with E-state index >= 15 is 0 Å². The van der Waals surface area contributed by atoms with Gasteiger partial charge in [-0.25, -0.2) is 13.6 Å². The molecule has 0 aliphatic carbocycles. The third-order valence-electron chi connectivity index (χ3n) is 3.96. The van der Waals surface area contributed by atoms with Crippen molar-refractivity contribution in [2.75, 3.05) is 39.5 Å². The average molecular weight is 445 g/mol. The van der Waals surface area contributed by atoms with E-state index in [-0.39, 0.29) is 16.7 Å². The number of amides is 2. The molecule has 1 aromatic carbocycles. The summed E-state index contributed by atoms with van der Waals surface area (Å²) in [4.78, 5) is 23.6. The number of nitrogens with two attached hydrogens (primary N) is 2. The lowest BCUT2D eigenvalue weighted by Crippen LogP contribution is -2.42. The van der Waals surface area contributed by atoms with Gasteiger partial charge in [-0.1, -0.05) is 13.8 Å². The van der Waals surface area contributed by atoms with Crippen molar-refractivity contribution in [3.8, 4) is 0 Å². The second kappa shape index (κ2) is 13.3. The van der Waals surface area contributed by atoms with Crippen LogP contribution in [0.1, 0.15) is 30.6 Å². The first-order valence-electron chi connectivity index (χ1n) is 9.71. The summed E-state index contributed by atoms with van der Waals surface area (Å²) >= 11 is 0. The molecule has 0 saturated heterocycles. The van der Waals surface area contributed by atoms with Gasteiger partial charge in [-0.05, 0) is 36.6 Å². The van der Waals surface area contributed by atoms with Gasteiger partial charge < -0.3 is 25.8 Å². The van der Waals surface area contributed by atoms with Gasteiger partial charge in [-0.2, -0.15) is 0 Å².